The number of nitrogens with zero attached hydrogens (tertiary/aromatic N) is 4. The molecule has 0 unspecified atom stereocenters. The van der Waals surface area contributed by atoms with Crippen LogP contribution < -0.4 is 4.90 Å². The van der Waals surface area contributed by atoms with Crippen LogP contribution in [0.25, 0.3) is 6.08 Å². The zero-order valence-electron chi connectivity index (χ0n) is 13.6. The lowest BCUT2D eigenvalue weighted by molar-refractivity contribution is -0.384. The molecule has 1 aromatic heterocycles. The minimum Gasteiger partial charge on any atom is -0.353 e. The van der Waals surface area contributed by atoms with Crippen LogP contribution in [-0.2, 0) is 4.79 Å². The third kappa shape index (κ3) is 4.20. The Balaban J connectivity index is 1.58. The van der Waals surface area contributed by atoms with Gasteiger partial charge in [0.1, 0.15) is 5.82 Å². The molecule has 0 radical (unpaired) electrons. The van der Waals surface area contributed by atoms with Crippen molar-refractivity contribution < 1.29 is 9.72 Å². The summed E-state index contributed by atoms with van der Waals surface area (Å²) in [6.07, 6.45) is 4.84. The van der Waals surface area contributed by atoms with Crippen LogP contribution in [0.1, 0.15) is 5.56 Å². The summed E-state index contributed by atoms with van der Waals surface area (Å²) < 4.78 is 0. The number of rotatable bonds is 4. The van der Waals surface area contributed by atoms with E-state index < -0.39 is 4.92 Å². The molecule has 2 aromatic rings. The minimum absolute atomic E-state index is 0.0126. The van der Waals surface area contributed by atoms with Crippen LogP contribution in [-0.4, -0.2) is 46.9 Å². The molecule has 1 saturated heterocycles. The first-order chi connectivity index (χ1) is 12.1. The van der Waals surface area contributed by atoms with Crippen molar-refractivity contribution in [2.75, 3.05) is 31.1 Å². The lowest BCUT2D eigenvalue weighted by Crippen LogP contribution is -2.48. The summed E-state index contributed by atoms with van der Waals surface area (Å²) in [7, 11) is 0. The molecule has 0 spiro atoms. The first-order valence-electron chi connectivity index (χ1n) is 8.01. The number of aromatic nitrogens is 1. The van der Waals surface area contributed by atoms with Crippen molar-refractivity contribution in [3.63, 3.8) is 0 Å². The first-order valence-corrected chi connectivity index (χ1v) is 8.01. The van der Waals surface area contributed by atoms with Gasteiger partial charge in [-0.1, -0.05) is 18.2 Å². The number of hydrogen-bond acceptors (Lipinski definition) is 5. The number of nitro groups is 1. The molecule has 1 fully saturated rings. The Morgan fingerprint density at radius 2 is 1.92 bits per heavy atom. The Hall–Kier alpha value is -3.22. The van der Waals surface area contributed by atoms with Crippen molar-refractivity contribution in [2.24, 2.45) is 0 Å². The Kier molecular flexibility index (Phi) is 5.03. The molecule has 1 aliphatic rings. The maximum absolute atomic E-state index is 12.3. The molecule has 2 heterocycles. The van der Waals surface area contributed by atoms with Gasteiger partial charge in [0, 0.05) is 50.6 Å². The number of benzene rings is 1. The van der Waals surface area contributed by atoms with Crippen molar-refractivity contribution in [1.82, 2.24) is 9.88 Å². The van der Waals surface area contributed by atoms with Gasteiger partial charge in [0.2, 0.25) is 5.91 Å². The number of pyridine rings is 1. The van der Waals surface area contributed by atoms with Gasteiger partial charge in [-0.3, -0.25) is 14.9 Å². The fourth-order valence-electron chi connectivity index (χ4n) is 2.71. The molecule has 128 valence electrons. The zero-order chi connectivity index (χ0) is 17.6. The molecule has 0 saturated carbocycles. The highest BCUT2D eigenvalue weighted by molar-refractivity contribution is 5.92. The summed E-state index contributed by atoms with van der Waals surface area (Å²) in [5.41, 5.74) is 0.647. The molecule has 7 nitrogen and oxygen atoms in total. The summed E-state index contributed by atoms with van der Waals surface area (Å²) >= 11 is 0. The average molecular weight is 338 g/mol. The average Bonchev–Trinajstić information content (AvgIpc) is 2.67. The number of anilines is 1. The number of nitro benzene ring substituents is 1. The van der Waals surface area contributed by atoms with Crippen molar-refractivity contribution in [2.45, 2.75) is 0 Å². The van der Waals surface area contributed by atoms with Crippen LogP contribution in [0.5, 0.6) is 0 Å². The Morgan fingerprint density at radius 3 is 2.60 bits per heavy atom. The second-order valence-corrected chi connectivity index (χ2v) is 5.69. The third-order valence-electron chi connectivity index (χ3n) is 4.06. The van der Waals surface area contributed by atoms with E-state index in [-0.39, 0.29) is 11.6 Å². The second-order valence-electron chi connectivity index (χ2n) is 5.69. The summed E-state index contributed by atoms with van der Waals surface area (Å²) in [5, 5.41) is 10.8. The summed E-state index contributed by atoms with van der Waals surface area (Å²) in [6, 6.07) is 12.0. The van der Waals surface area contributed by atoms with Gasteiger partial charge in [-0.2, -0.15) is 0 Å². The molecule has 3 rings (SSSR count). The van der Waals surface area contributed by atoms with E-state index >= 15 is 0 Å². The number of amides is 1. The van der Waals surface area contributed by atoms with E-state index in [0.29, 0.717) is 18.7 Å². The largest absolute Gasteiger partial charge is 0.353 e. The van der Waals surface area contributed by atoms with Gasteiger partial charge < -0.3 is 9.80 Å². The van der Waals surface area contributed by atoms with Gasteiger partial charge in [0.15, 0.2) is 0 Å². The smallest absolute Gasteiger partial charge is 0.270 e. The molecule has 0 atom stereocenters. The predicted octanol–water partition coefficient (Wildman–Crippen LogP) is 2.35. The summed E-state index contributed by atoms with van der Waals surface area (Å²) in [5.74, 6) is 0.828. The standard InChI is InChI=1S/C18H18N4O3/c23-18(8-7-15-4-3-5-16(14-15)22(24)25)21-12-10-20(11-13-21)17-6-1-2-9-19-17/h1-9,14H,10-13H2/b8-7-. The molecule has 0 aliphatic carbocycles. The predicted molar refractivity (Wildman–Crippen MR) is 95.2 cm³/mol. The van der Waals surface area contributed by atoms with Crippen LogP contribution in [0, 0.1) is 10.1 Å². The van der Waals surface area contributed by atoms with Gasteiger partial charge >= 0.3 is 0 Å². The lowest BCUT2D eigenvalue weighted by atomic mass is 10.2. The monoisotopic (exact) mass is 338 g/mol. The van der Waals surface area contributed by atoms with Crippen LogP contribution in [0.2, 0.25) is 0 Å². The lowest BCUT2D eigenvalue weighted by Gasteiger charge is -2.34. The molecule has 7 heteroatoms. The van der Waals surface area contributed by atoms with E-state index in [2.05, 4.69) is 9.88 Å². The van der Waals surface area contributed by atoms with Crippen molar-refractivity contribution in [1.29, 1.82) is 0 Å². The van der Waals surface area contributed by atoms with E-state index in [0.717, 1.165) is 18.9 Å². The molecule has 0 bridgehead atoms. The number of hydrogen-bond donors (Lipinski definition) is 0. The van der Waals surface area contributed by atoms with Crippen molar-refractivity contribution >= 4 is 23.5 Å². The van der Waals surface area contributed by atoms with E-state index in [1.807, 2.05) is 18.2 Å². The fraction of sp³-hybridized carbons (Fsp3) is 0.222. The van der Waals surface area contributed by atoms with E-state index in [1.54, 1.807) is 29.3 Å². The van der Waals surface area contributed by atoms with Crippen molar-refractivity contribution in [3.05, 3.63) is 70.4 Å². The quantitative estimate of drug-likeness (QED) is 0.486. The molecule has 1 aliphatic heterocycles. The molecular formula is C18H18N4O3. The maximum atomic E-state index is 12.3. The second kappa shape index (κ2) is 7.57. The molecule has 25 heavy (non-hydrogen) atoms. The number of piperazine rings is 1. The molecular weight excluding hydrogens is 320 g/mol. The summed E-state index contributed by atoms with van der Waals surface area (Å²) in [4.78, 5) is 30.9. The Bertz CT molecular complexity index is 784. The van der Waals surface area contributed by atoms with E-state index in [1.165, 1.54) is 18.2 Å². The third-order valence-corrected chi connectivity index (χ3v) is 4.06. The van der Waals surface area contributed by atoms with E-state index in [9.17, 15) is 14.9 Å². The zero-order valence-corrected chi connectivity index (χ0v) is 13.6. The first kappa shape index (κ1) is 16.6. The highest BCUT2D eigenvalue weighted by atomic mass is 16.6. The number of non-ortho nitro benzene ring substituents is 1. The highest BCUT2D eigenvalue weighted by Crippen LogP contribution is 2.15. The number of carbonyl (C=O) groups is 1. The van der Waals surface area contributed by atoms with Gasteiger partial charge in [0.05, 0.1) is 4.92 Å². The molecule has 1 amide bonds. The van der Waals surface area contributed by atoms with Crippen LogP contribution in [0.3, 0.4) is 0 Å². The van der Waals surface area contributed by atoms with Gasteiger partial charge in [0.25, 0.3) is 5.69 Å². The Labute approximate surface area is 145 Å². The highest BCUT2D eigenvalue weighted by Gasteiger charge is 2.20. The van der Waals surface area contributed by atoms with Crippen LogP contribution in [0.4, 0.5) is 11.5 Å². The van der Waals surface area contributed by atoms with Crippen LogP contribution in [0.15, 0.2) is 54.7 Å². The van der Waals surface area contributed by atoms with Crippen molar-refractivity contribution in [3.8, 4) is 0 Å². The van der Waals surface area contributed by atoms with E-state index in [4.69, 9.17) is 0 Å². The number of carbonyl (C=O) groups excluding carboxylic acids is 1. The van der Waals surface area contributed by atoms with Gasteiger partial charge in [-0.15, -0.1) is 0 Å². The maximum Gasteiger partial charge on any atom is 0.270 e. The summed E-state index contributed by atoms with van der Waals surface area (Å²) in [6.45, 7) is 2.70. The molecule has 1 aromatic carbocycles. The van der Waals surface area contributed by atoms with Crippen LogP contribution >= 0.6 is 0 Å². The normalized spacial score (nSPS) is 14.7. The SMILES string of the molecule is O=C(/C=C\c1cccc([N+](=O)[O-])c1)N1CCN(c2ccccn2)CC1. The minimum atomic E-state index is -0.448. The van der Waals surface area contributed by atoms with Gasteiger partial charge in [-0.05, 0) is 23.8 Å². The van der Waals surface area contributed by atoms with Gasteiger partial charge in [-0.25, -0.2) is 4.98 Å². The fourth-order valence-corrected chi connectivity index (χ4v) is 2.71. The Morgan fingerprint density at radius 1 is 1.12 bits per heavy atom. The topological polar surface area (TPSA) is 79.6 Å². The molecule has 0 N–H and O–H groups in total.